The molecule has 3 nitrogen and oxygen atoms in total. The molecule has 1 unspecified atom stereocenters. The molecule has 0 aliphatic rings. The standard InChI is InChI=1S/C15H20ClF3N2OS/c1-4-5-6-10(9-14(2,3)23(20)22)11-7-8-21-13(12(11)16)15(17,18)19/h4,7-8,10H,1,5-6,9,20H2,2-3H3/t10-,23?/m1/s1. The van der Waals surface area contributed by atoms with Crippen molar-refractivity contribution in [2.75, 3.05) is 0 Å². The number of rotatable bonds is 7. The fourth-order valence-electron chi connectivity index (χ4n) is 2.33. The summed E-state index contributed by atoms with van der Waals surface area (Å²) in [4.78, 5) is 3.34. The van der Waals surface area contributed by atoms with E-state index < -0.39 is 32.6 Å². The van der Waals surface area contributed by atoms with Crippen LogP contribution in [0.15, 0.2) is 24.9 Å². The zero-order valence-electron chi connectivity index (χ0n) is 13.0. The predicted octanol–water partition coefficient (Wildman–Crippen LogP) is 4.59. The van der Waals surface area contributed by atoms with Crippen molar-refractivity contribution < 1.29 is 17.4 Å². The number of nitrogens with zero attached hydrogens (tertiary/aromatic N) is 1. The first-order valence-electron chi connectivity index (χ1n) is 6.99. The number of hydrogen-bond donors (Lipinski definition) is 1. The average Bonchev–Trinajstić information content (AvgIpc) is 2.42. The van der Waals surface area contributed by atoms with E-state index in [0.717, 1.165) is 6.20 Å². The molecule has 1 aromatic heterocycles. The van der Waals surface area contributed by atoms with Crippen LogP contribution in [0.4, 0.5) is 13.2 Å². The van der Waals surface area contributed by atoms with Crippen molar-refractivity contribution >= 4 is 22.6 Å². The maximum atomic E-state index is 13.0. The monoisotopic (exact) mass is 368 g/mol. The Labute approximate surface area is 141 Å². The molecule has 0 fully saturated rings. The molecule has 130 valence electrons. The number of nitrogens with two attached hydrogens (primary N) is 1. The summed E-state index contributed by atoms with van der Waals surface area (Å²) >= 11 is 5.96. The fraction of sp³-hybridized carbons (Fsp3) is 0.533. The van der Waals surface area contributed by atoms with Gasteiger partial charge in [-0.15, -0.1) is 6.58 Å². The maximum Gasteiger partial charge on any atom is 0.434 e. The van der Waals surface area contributed by atoms with E-state index in [4.69, 9.17) is 16.7 Å². The van der Waals surface area contributed by atoms with E-state index >= 15 is 0 Å². The van der Waals surface area contributed by atoms with Crippen LogP contribution in [0.25, 0.3) is 0 Å². The highest BCUT2D eigenvalue weighted by atomic mass is 35.5. The predicted molar refractivity (Wildman–Crippen MR) is 87.4 cm³/mol. The van der Waals surface area contributed by atoms with Crippen LogP contribution in [0.1, 0.15) is 50.3 Å². The zero-order chi connectivity index (χ0) is 17.8. The topological polar surface area (TPSA) is 56.0 Å². The third-order valence-corrected chi connectivity index (χ3v) is 5.28. The Balaban J connectivity index is 3.28. The Morgan fingerprint density at radius 3 is 2.57 bits per heavy atom. The summed E-state index contributed by atoms with van der Waals surface area (Å²) in [7, 11) is -1.61. The molecular formula is C15H20ClF3N2OS. The van der Waals surface area contributed by atoms with Crippen molar-refractivity contribution in [3.05, 3.63) is 41.2 Å². The molecular weight excluding hydrogens is 349 g/mol. The van der Waals surface area contributed by atoms with E-state index in [-0.39, 0.29) is 5.92 Å². The summed E-state index contributed by atoms with van der Waals surface area (Å²) in [5.74, 6) is -0.327. The van der Waals surface area contributed by atoms with Crippen molar-refractivity contribution in [1.82, 2.24) is 4.98 Å². The van der Waals surface area contributed by atoms with Crippen LogP contribution in [0.3, 0.4) is 0 Å². The molecule has 0 amide bonds. The quantitative estimate of drug-likeness (QED) is 0.715. The molecule has 0 aliphatic carbocycles. The number of halogens is 4. The molecule has 2 atom stereocenters. The van der Waals surface area contributed by atoms with E-state index in [0.29, 0.717) is 24.8 Å². The summed E-state index contributed by atoms with van der Waals surface area (Å²) in [6.45, 7) is 7.05. The van der Waals surface area contributed by atoms with Gasteiger partial charge in [0.15, 0.2) is 5.69 Å². The molecule has 0 bridgehead atoms. The first-order chi connectivity index (χ1) is 10.5. The molecule has 0 aliphatic heterocycles. The van der Waals surface area contributed by atoms with Crippen molar-refractivity contribution in [3.8, 4) is 0 Å². The Morgan fingerprint density at radius 1 is 1.48 bits per heavy atom. The number of allylic oxidation sites excluding steroid dienone is 1. The van der Waals surface area contributed by atoms with Crippen molar-refractivity contribution in [1.29, 1.82) is 0 Å². The molecule has 0 spiro atoms. The van der Waals surface area contributed by atoms with Crippen LogP contribution >= 0.6 is 11.6 Å². The molecule has 0 aromatic carbocycles. The van der Waals surface area contributed by atoms with Gasteiger partial charge in [0, 0.05) is 6.20 Å². The van der Waals surface area contributed by atoms with Crippen LogP contribution in [-0.2, 0) is 17.2 Å². The summed E-state index contributed by atoms with van der Waals surface area (Å²) in [6, 6.07) is 1.47. The van der Waals surface area contributed by atoms with Crippen LogP contribution in [0.5, 0.6) is 0 Å². The second-order valence-electron chi connectivity index (χ2n) is 5.88. The van der Waals surface area contributed by atoms with Gasteiger partial charge in [-0.2, -0.15) is 13.2 Å². The van der Waals surface area contributed by atoms with Gasteiger partial charge in [0.05, 0.1) is 20.8 Å². The summed E-state index contributed by atoms with van der Waals surface area (Å²) in [5.41, 5.74) is -0.763. The molecule has 1 rings (SSSR count). The molecule has 0 saturated carbocycles. The van der Waals surface area contributed by atoms with E-state index in [9.17, 15) is 17.4 Å². The summed E-state index contributed by atoms with van der Waals surface area (Å²) in [5, 5.41) is 5.08. The van der Waals surface area contributed by atoms with E-state index in [1.807, 2.05) is 0 Å². The summed E-state index contributed by atoms with van der Waals surface area (Å²) < 4.78 is 49.8. The van der Waals surface area contributed by atoms with E-state index in [1.54, 1.807) is 19.9 Å². The number of aromatic nitrogens is 1. The normalized spacial score (nSPS) is 15.3. The van der Waals surface area contributed by atoms with Crippen LogP contribution < -0.4 is 5.14 Å². The van der Waals surface area contributed by atoms with Crippen molar-refractivity contribution in [2.24, 2.45) is 5.14 Å². The van der Waals surface area contributed by atoms with Crippen LogP contribution in [0, 0.1) is 0 Å². The second-order valence-corrected chi connectivity index (χ2v) is 7.96. The number of hydrogen-bond acceptors (Lipinski definition) is 2. The minimum Gasteiger partial charge on any atom is -0.251 e. The van der Waals surface area contributed by atoms with Gasteiger partial charge in [-0.05, 0) is 50.7 Å². The average molecular weight is 369 g/mol. The number of alkyl halides is 3. The lowest BCUT2D eigenvalue weighted by Gasteiger charge is -2.28. The minimum atomic E-state index is -4.62. The first kappa shape index (κ1) is 20.1. The highest BCUT2D eigenvalue weighted by Gasteiger charge is 2.37. The van der Waals surface area contributed by atoms with Gasteiger partial charge in [-0.3, -0.25) is 10.1 Å². The lowest BCUT2D eigenvalue weighted by Crippen LogP contribution is -2.33. The minimum absolute atomic E-state index is 0.327. The van der Waals surface area contributed by atoms with Gasteiger partial charge in [0.25, 0.3) is 0 Å². The SMILES string of the molecule is C=CCC[C@H](CC(C)(C)S(N)=O)c1ccnc(C(F)(F)F)c1Cl. The van der Waals surface area contributed by atoms with Crippen LogP contribution in [0.2, 0.25) is 5.02 Å². The van der Waals surface area contributed by atoms with Crippen LogP contribution in [-0.4, -0.2) is 13.9 Å². The van der Waals surface area contributed by atoms with Gasteiger partial charge < -0.3 is 0 Å². The Bertz CT molecular complexity index is 591. The second kappa shape index (κ2) is 7.77. The largest absolute Gasteiger partial charge is 0.434 e. The van der Waals surface area contributed by atoms with Gasteiger partial charge in [-0.25, -0.2) is 4.21 Å². The van der Waals surface area contributed by atoms with Crippen molar-refractivity contribution in [3.63, 3.8) is 0 Å². The van der Waals surface area contributed by atoms with E-state index in [2.05, 4.69) is 11.6 Å². The van der Waals surface area contributed by atoms with Crippen molar-refractivity contribution in [2.45, 2.75) is 50.0 Å². The zero-order valence-corrected chi connectivity index (χ0v) is 14.6. The fourth-order valence-corrected chi connectivity index (χ4v) is 3.07. The van der Waals surface area contributed by atoms with E-state index in [1.165, 1.54) is 6.07 Å². The third-order valence-electron chi connectivity index (χ3n) is 3.63. The highest BCUT2D eigenvalue weighted by Crippen LogP contribution is 2.40. The summed E-state index contributed by atoms with van der Waals surface area (Å²) in [6.07, 6.45) is -0.382. The molecule has 0 radical (unpaired) electrons. The molecule has 23 heavy (non-hydrogen) atoms. The highest BCUT2D eigenvalue weighted by molar-refractivity contribution is 7.84. The van der Waals surface area contributed by atoms with Gasteiger partial charge in [-0.1, -0.05) is 17.7 Å². The Morgan fingerprint density at radius 2 is 2.09 bits per heavy atom. The first-order valence-corrected chi connectivity index (χ1v) is 8.58. The van der Waals surface area contributed by atoms with Gasteiger partial charge in [0.1, 0.15) is 0 Å². The third kappa shape index (κ3) is 5.29. The molecule has 1 heterocycles. The maximum absolute atomic E-state index is 13.0. The Hall–Kier alpha value is -0.920. The Kier molecular flexibility index (Phi) is 6.80. The molecule has 2 N–H and O–H groups in total. The molecule has 0 saturated heterocycles. The smallest absolute Gasteiger partial charge is 0.251 e. The number of pyridine rings is 1. The molecule has 8 heteroatoms. The lowest BCUT2D eigenvalue weighted by atomic mass is 9.86. The van der Waals surface area contributed by atoms with Gasteiger partial charge in [0.2, 0.25) is 0 Å². The lowest BCUT2D eigenvalue weighted by molar-refractivity contribution is -0.141. The molecule has 1 aromatic rings. The van der Waals surface area contributed by atoms with Gasteiger partial charge >= 0.3 is 6.18 Å².